The molecule has 0 aromatic carbocycles. The molecule has 0 radical (unpaired) electrons. The van der Waals surface area contributed by atoms with Crippen LogP contribution < -0.4 is 5.32 Å². The second-order valence-electron chi connectivity index (χ2n) is 5.91. The maximum Gasteiger partial charge on any atom is 0.408 e. The fourth-order valence-electron chi connectivity index (χ4n) is 1.69. The van der Waals surface area contributed by atoms with E-state index >= 15 is 0 Å². The first-order valence-corrected chi connectivity index (χ1v) is 7.47. The third-order valence-corrected chi connectivity index (χ3v) is 2.72. The van der Waals surface area contributed by atoms with Crippen LogP contribution in [-0.4, -0.2) is 36.1 Å². The van der Waals surface area contributed by atoms with Crippen LogP contribution in [0.25, 0.3) is 0 Å². The van der Waals surface area contributed by atoms with E-state index in [1.807, 2.05) is 0 Å². The van der Waals surface area contributed by atoms with Gasteiger partial charge < -0.3 is 14.8 Å². The number of esters is 1. The van der Waals surface area contributed by atoms with Gasteiger partial charge in [-0.2, -0.15) is 0 Å². The molecule has 2 atom stereocenters. The lowest BCUT2D eigenvalue weighted by Gasteiger charge is -2.25. The van der Waals surface area contributed by atoms with Gasteiger partial charge in [-0.15, -0.1) is 0 Å². The van der Waals surface area contributed by atoms with Crippen LogP contribution in [0.4, 0.5) is 4.79 Å². The second-order valence-corrected chi connectivity index (χ2v) is 5.91. The average molecular weight is 313 g/mol. The molecule has 0 aliphatic carbocycles. The first kappa shape index (κ1) is 20.1. The summed E-state index contributed by atoms with van der Waals surface area (Å²) in [5.74, 6) is -0.967. The van der Waals surface area contributed by atoms with Crippen molar-refractivity contribution >= 4 is 17.8 Å². The van der Waals surface area contributed by atoms with Crippen molar-refractivity contribution in [3.8, 4) is 0 Å². The Morgan fingerprint density at radius 1 is 1.18 bits per heavy atom. The van der Waals surface area contributed by atoms with Crippen molar-refractivity contribution in [1.82, 2.24) is 5.32 Å². The van der Waals surface area contributed by atoms with Gasteiger partial charge in [0.25, 0.3) is 0 Å². The summed E-state index contributed by atoms with van der Waals surface area (Å²) < 4.78 is 9.94. The summed E-state index contributed by atoms with van der Waals surface area (Å²) in [5, 5.41) is 2.57. The van der Waals surface area contributed by atoms with Crippen molar-refractivity contribution < 1.29 is 23.9 Å². The van der Waals surface area contributed by atoms with Crippen LogP contribution in [0.5, 0.6) is 0 Å². The molecule has 0 aromatic heterocycles. The summed E-state index contributed by atoms with van der Waals surface area (Å²) in [6.45, 7) is 10.7. The van der Waals surface area contributed by atoms with Crippen LogP contribution in [0.2, 0.25) is 0 Å². The largest absolute Gasteiger partial charge is 0.463 e. The number of Topliss-reactive ketones (excluding diaryl/α,β-unsaturated/α-hetero) is 1. The molecular weight excluding hydrogens is 286 g/mol. The summed E-state index contributed by atoms with van der Waals surface area (Å²) in [5.41, 5.74) is -0.645. The highest BCUT2D eigenvalue weighted by atomic mass is 16.6. The van der Waals surface area contributed by atoms with Gasteiger partial charge in [-0.05, 0) is 27.7 Å². The topological polar surface area (TPSA) is 81.7 Å². The number of hydrogen-bond donors (Lipinski definition) is 1. The first-order chi connectivity index (χ1) is 10.1. The van der Waals surface area contributed by atoms with Crippen LogP contribution in [0.15, 0.2) is 12.2 Å². The third kappa shape index (κ3) is 8.44. The molecule has 0 heterocycles. The molecule has 6 nitrogen and oxygen atoms in total. The van der Waals surface area contributed by atoms with Crippen LogP contribution in [0, 0.1) is 5.92 Å². The minimum absolute atomic E-state index is 0.133. The summed E-state index contributed by atoms with van der Waals surface area (Å²) >= 11 is 0. The maximum atomic E-state index is 12.0. The molecule has 1 N–H and O–H groups in total. The fourth-order valence-corrected chi connectivity index (χ4v) is 1.69. The van der Waals surface area contributed by atoms with E-state index in [1.54, 1.807) is 47.6 Å². The van der Waals surface area contributed by atoms with Crippen molar-refractivity contribution in [2.75, 3.05) is 6.61 Å². The SMILES string of the molecule is CCOC(=O)/C=C/C(C)C(NC(=O)OC(C)(C)C)C(=O)CC. The number of nitrogens with one attached hydrogen (secondary N) is 1. The average Bonchev–Trinajstić information content (AvgIpc) is 2.39. The summed E-state index contributed by atoms with van der Waals surface area (Å²) in [7, 11) is 0. The van der Waals surface area contributed by atoms with E-state index in [0.29, 0.717) is 0 Å². The molecule has 6 heteroatoms. The zero-order valence-electron chi connectivity index (χ0n) is 14.3. The highest BCUT2D eigenvalue weighted by molar-refractivity contribution is 5.88. The molecule has 126 valence electrons. The van der Waals surface area contributed by atoms with E-state index in [9.17, 15) is 14.4 Å². The lowest BCUT2D eigenvalue weighted by Crippen LogP contribution is -2.46. The molecule has 0 aliphatic heterocycles. The Bertz CT molecular complexity index is 423. The van der Waals surface area contributed by atoms with E-state index in [2.05, 4.69) is 5.32 Å². The van der Waals surface area contributed by atoms with Gasteiger partial charge >= 0.3 is 12.1 Å². The Morgan fingerprint density at radius 3 is 2.23 bits per heavy atom. The number of carbonyl (C=O) groups is 3. The van der Waals surface area contributed by atoms with Crippen molar-refractivity contribution in [3.05, 3.63) is 12.2 Å². The number of ether oxygens (including phenoxy) is 2. The molecule has 0 aromatic rings. The minimum Gasteiger partial charge on any atom is -0.463 e. The summed E-state index contributed by atoms with van der Waals surface area (Å²) in [6, 6.07) is -0.745. The molecule has 0 rings (SSSR count). The van der Waals surface area contributed by atoms with Crippen LogP contribution >= 0.6 is 0 Å². The van der Waals surface area contributed by atoms with E-state index < -0.39 is 23.7 Å². The van der Waals surface area contributed by atoms with Gasteiger partial charge in [0.05, 0.1) is 12.6 Å². The normalized spacial score (nSPS) is 14.3. The Labute approximate surface area is 132 Å². The predicted molar refractivity (Wildman–Crippen MR) is 83.4 cm³/mol. The van der Waals surface area contributed by atoms with E-state index in [4.69, 9.17) is 9.47 Å². The third-order valence-electron chi connectivity index (χ3n) is 2.72. The maximum absolute atomic E-state index is 12.0. The number of rotatable bonds is 7. The number of carbonyl (C=O) groups excluding carboxylic acids is 3. The lowest BCUT2D eigenvalue weighted by molar-refractivity contribution is -0.137. The van der Waals surface area contributed by atoms with Crippen LogP contribution in [0.3, 0.4) is 0 Å². The Morgan fingerprint density at radius 2 is 1.77 bits per heavy atom. The molecular formula is C16H27NO5. The lowest BCUT2D eigenvalue weighted by atomic mass is 9.96. The molecule has 0 aliphatic rings. The van der Waals surface area contributed by atoms with Gasteiger partial charge in [-0.3, -0.25) is 4.79 Å². The predicted octanol–water partition coefficient (Wildman–Crippen LogP) is 2.61. The monoisotopic (exact) mass is 313 g/mol. The van der Waals surface area contributed by atoms with Crippen molar-refractivity contribution in [2.45, 2.75) is 59.6 Å². The fraction of sp³-hybridized carbons (Fsp3) is 0.688. The molecule has 0 saturated heterocycles. The van der Waals surface area contributed by atoms with Gasteiger partial charge in [0.15, 0.2) is 5.78 Å². The van der Waals surface area contributed by atoms with E-state index in [0.717, 1.165) is 0 Å². The molecule has 1 amide bonds. The Balaban J connectivity index is 4.87. The highest BCUT2D eigenvalue weighted by Gasteiger charge is 2.26. The molecule has 0 bridgehead atoms. The minimum atomic E-state index is -0.745. The van der Waals surface area contributed by atoms with Crippen LogP contribution in [0.1, 0.15) is 48.0 Å². The quantitative estimate of drug-likeness (QED) is 0.577. The Kier molecular flexibility index (Phi) is 8.45. The van der Waals surface area contributed by atoms with E-state index in [1.165, 1.54) is 6.08 Å². The van der Waals surface area contributed by atoms with Crippen molar-refractivity contribution in [1.29, 1.82) is 0 Å². The summed E-state index contributed by atoms with van der Waals surface area (Å²) in [6.07, 6.45) is 2.43. The second kappa shape index (κ2) is 9.23. The van der Waals surface area contributed by atoms with Crippen LogP contribution in [-0.2, 0) is 19.1 Å². The number of alkyl carbamates (subject to hydrolysis) is 1. The van der Waals surface area contributed by atoms with Gasteiger partial charge in [-0.1, -0.05) is 19.9 Å². The van der Waals surface area contributed by atoms with Crippen molar-refractivity contribution in [3.63, 3.8) is 0 Å². The zero-order valence-corrected chi connectivity index (χ0v) is 14.3. The van der Waals surface area contributed by atoms with Gasteiger partial charge in [0.2, 0.25) is 0 Å². The standard InChI is InChI=1S/C16H27NO5/c1-7-12(18)14(17-15(20)22-16(4,5)6)11(3)9-10-13(19)21-8-2/h9-11,14H,7-8H2,1-6H3,(H,17,20)/b10-9+. The van der Waals surface area contributed by atoms with E-state index in [-0.39, 0.29) is 24.7 Å². The van der Waals surface area contributed by atoms with Gasteiger partial charge in [0, 0.05) is 18.4 Å². The molecule has 22 heavy (non-hydrogen) atoms. The molecule has 2 unspecified atom stereocenters. The Hall–Kier alpha value is -1.85. The smallest absolute Gasteiger partial charge is 0.408 e. The van der Waals surface area contributed by atoms with Crippen molar-refractivity contribution in [2.24, 2.45) is 5.92 Å². The highest BCUT2D eigenvalue weighted by Crippen LogP contribution is 2.11. The van der Waals surface area contributed by atoms with Gasteiger partial charge in [-0.25, -0.2) is 9.59 Å². The zero-order chi connectivity index (χ0) is 17.3. The first-order valence-electron chi connectivity index (χ1n) is 7.47. The number of hydrogen-bond acceptors (Lipinski definition) is 5. The molecule has 0 saturated carbocycles. The summed E-state index contributed by atoms with van der Waals surface area (Å²) in [4.78, 5) is 35.2. The molecule has 0 spiro atoms. The number of amides is 1. The molecule has 0 fully saturated rings. The number of ketones is 1. The van der Waals surface area contributed by atoms with Gasteiger partial charge in [0.1, 0.15) is 5.60 Å².